The molecule has 0 aromatic carbocycles. The van der Waals surface area contributed by atoms with Crippen LogP contribution in [0.4, 0.5) is 5.69 Å². The number of hydrogen-bond donors (Lipinski definition) is 2. The zero-order chi connectivity index (χ0) is 13.2. The molecule has 0 radical (unpaired) electrons. The Morgan fingerprint density at radius 3 is 2.74 bits per heavy atom. The van der Waals surface area contributed by atoms with E-state index in [9.17, 15) is 4.79 Å². The second-order valence-corrected chi connectivity index (χ2v) is 5.98. The third-order valence-corrected chi connectivity index (χ3v) is 4.28. The van der Waals surface area contributed by atoms with Gasteiger partial charge < -0.3 is 10.6 Å². The maximum absolute atomic E-state index is 12.0. The van der Waals surface area contributed by atoms with Crippen molar-refractivity contribution in [3.63, 3.8) is 0 Å². The number of amides is 1. The summed E-state index contributed by atoms with van der Waals surface area (Å²) in [7, 11) is 0. The van der Waals surface area contributed by atoms with E-state index >= 15 is 0 Å². The van der Waals surface area contributed by atoms with Crippen LogP contribution in [0.3, 0.4) is 0 Å². The Hall–Kier alpha value is -1.13. The Labute approximate surface area is 117 Å². The van der Waals surface area contributed by atoms with Crippen LogP contribution >= 0.6 is 11.6 Å². The van der Waals surface area contributed by atoms with Gasteiger partial charge in [0.2, 0.25) is 5.91 Å². The van der Waals surface area contributed by atoms with E-state index < -0.39 is 0 Å². The van der Waals surface area contributed by atoms with Crippen molar-refractivity contribution < 1.29 is 4.79 Å². The van der Waals surface area contributed by atoms with Crippen LogP contribution in [-0.2, 0) is 4.79 Å². The highest BCUT2D eigenvalue weighted by molar-refractivity contribution is 6.29. The number of hydrogen-bond acceptors (Lipinski definition) is 3. The zero-order valence-electron chi connectivity index (χ0n) is 10.7. The van der Waals surface area contributed by atoms with Gasteiger partial charge in [-0.3, -0.25) is 4.79 Å². The minimum absolute atomic E-state index is 0.0791. The molecule has 2 fully saturated rings. The fraction of sp³-hybridized carbons (Fsp3) is 0.571. The van der Waals surface area contributed by atoms with Gasteiger partial charge >= 0.3 is 0 Å². The van der Waals surface area contributed by atoms with Gasteiger partial charge in [-0.2, -0.15) is 0 Å². The van der Waals surface area contributed by atoms with Crippen LogP contribution in [0.5, 0.6) is 0 Å². The Kier molecular flexibility index (Phi) is 3.71. The first kappa shape index (κ1) is 12.9. The number of fused-ring (bicyclic) bond motifs is 2. The van der Waals surface area contributed by atoms with Gasteiger partial charge in [0.1, 0.15) is 5.15 Å². The molecule has 0 saturated carbocycles. The van der Waals surface area contributed by atoms with Crippen LogP contribution in [0.1, 0.15) is 32.1 Å². The molecule has 1 amide bonds. The van der Waals surface area contributed by atoms with Crippen LogP contribution in [0, 0.1) is 5.92 Å². The van der Waals surface area contributed by atoms with Crippen LogP contribution in [0.15, 0.2) is 18.3 Å². The summed E-state index contributed by atoms with van der Waals surface area (Å²) >= 11 is 5.71. The SMILES string of the molecule is O=C(CC1CC2CCC(C1)N2)Nc1ccc(Cl)nc1. The van der Waals surface area contributed by atoms with E-state index in [1.54, 1.807) is 18.3 Å². The first-order chi connectivity index (χ1) is 9.19. The number of pyridine rings is 1. The van der Waals surface area contributed by atoms with E-state index in [2.05, 4.69) is 15.6 Å². The lowest BCUT2D eigenvalue weighted by molar-refractivity contribution is -0.117. The lowest BCUT2D eigenvalue weighted by Crippen LogP contribution is -2.39. The predicted octanol–water partition coefficient (Wildman–Crippen LogP) is 2.59. The second kappa shape index (κ2) is 5.47. The number of aromatic nitrogens is 1. The quantitative estimate of drug-likeness (QED) is 0.836. The Morgan fingerprint density at radius 1 is 1.37 bits per heavy atom. The largest absolute Gasteiger partial charge is 0.325 e. The molecule has 2 atom stereocenters. The normalized spacial score (nSPS) is 29.2. The molecule has 2 bridgehead atoms. The highest BCUT2D eigenvalue weighted by Crippen LogP contribution is 2.32. The van der Waals surface area contributed by atoms with Gasteiger partial charge in [-0.05, 0) is 43.7 Å². The van der Waals surface area contributed by atoms with E-state index in [0.29, 0.717) is 35.3 Å². The molecular formula is C14H18ClN3O. The van der Waals surface area contributed by atoms with Crippen molar-refractivity contribution in [2.45, 2.75) is 44.2 Å². The highest BCUT2D eigenvalue weighted by Gasteiger charge is 2.34. The first-order valence-corrected chi connectivity index (χ1v) is 7.24. The number of carbonyl (C=O) groups is 1. The molecule has 1 aromatic rings. The first-order valence-electron chi connectivity index (χ1n) is 6.86. The molecule has 4 nitrogen and oxygen atoms in total. The molecule has 5 heteroatoms. The summed E-state index contributed by atoms with van der Waals surface area (Å²) in [6, 6.07) is 4.73. The average Bonchev–Trinajstić information content (AvgIpc) is 2.72. The van der Waals surface area contributed by atoms with Gasteiger partial charge in [0.25, 0.3) is 0 Å². The Bertz CT molecular complexity index is 450. The molecule has 2 unspecified atom stereocenters. The van der Waals surface area contributed by atoms with Gasteiger partial charge in [0.05, 0.1) is 11.9 Å². The van der Waals surface area contributed by atoms with Crippen molar-refractivity contribution >= 4 is 23.2 Å². The van der Waals surface area contributed by atoms with Crippen LogP contribution in [-0.4, -0.2) is 23.0 Å². The summed E-state index contributed by atoms with van der Waals surface area (Å²) in [5.74, 6) is 0.592. The fourth-order valence-electron chi connectivity index (χ4n) is 3.27. The standard InChI is InChI=1S/C14H18ClN3O/c15-13-4-3-12(8-16-13)18-14(19)7-9-5-10-1-2-11(6-9)17-10/h3-4,8-11,17H,1-2,5-7H2,(H,18,19). The summed E-state index contributed by atoms with van der Waals surface area (Å²) in [5, 5.41) is 6.92. The molecule has 2 aliphatic rings. The number of halogens is 1. The molecule has 19 heavy (non-hydrogen) atoms. The molecule has 3 rings (SSSR count). The topological polar surface area (TPSA) is 54.0 Å². The van der Waals surface area contributed by atoms with Crippen LogP contribution in [0.25, 0.3) is 0 Å². The number of carbonyl (C=O) groups excluding carboxylic acids is 1. The van der Waals surface area contributed by atoms with Crippen LogP contribution in [0.2, 0.25) is 5.15 Å². The van der Waals surface area contributed by atoms with E-state index in [1.807, 2.05) is 0 Å². The molecule has 0 aliphatic carbocycles. The van der Waals surface area contributed by atoms with Crippen molar-refractivity contribution in [2.24, 2.45) is 5.92 Å². The maximum Gasteiger partial charge on any atom is 0.224 e. The monoisotopic (exact) mass is 279 g/mol. The summed E-state index contributed by atoms with van der Waals surface area (Å²) in [5.41, 5.74) is 0.714. The third-order valence-electron chi connectivity index (χ3n) is 4.06. The van der Waals surface area contributed by atoms with Crippen molar-refractivity contribution in [3.8, 4) is 0 Å². The van der Waals surface area contributed by atoms with Crippen LogP contribution < -0.4 is 10.6 Å². The van der Waals surface area contributed by atoms with E-state index in [0.717, 1.165) is 12.8 Å². The summed E-state index contributed by atoms with van der Waals surface area (Å²) < 4.78 is 0. The predicted molar refractivity (Wildman–Crippen MR) is 75.2 cm³/mol. The fourth-order valence-corrected chi connectivity index (χ4v) is 3.38. The number of nitrogens with zero attached hydrogens (tertiary/aromatic N) is 1. The number of piperidine rings is 1. The Balaban J connectivity index is 1.52. The number of rotatable bonds is 3. The van der Waals surface area contributed by atoms with Crippen molar-refractivity contribution in [1.82, 2.24) is 10.3 Å². The smallest absolute Gasteiger partial charge is 0.224 e. The summed E-state index contributed by atoms with van der Waals surface area (Å²) in [4.78, 5) is 16.0. The van der Waals surface area contributed by atoms with Crippen molar-refractivity contribution in [3.05, 3.63) is 23.5 Å². The van der Waals surface area contributed by atoms with Gasteiger partial charge in [0, 0.05) is 18.5 Å². The van der Waals surface area contributed by atoms with E-state index in [1.165, 1.54) is 12.8 Å². The van der Waals surface area contributed by atoms with Crippen molar-refractivity contribution in [1.29, 1.82) is 0 Å². The van der Waals surface area contributed by atoms with Gasteiger partial charge in [-0.25, -0.2) is 4.98 Å². The third kappa shape index (κ3) is 3.25. The molecule has 1 aromatic heterocycles. The summed E-state index contributed by atoms with van der Waals surface area (Å²) in [6.45, 7) is 0. The van der Waals surface area contributed by atoms with Gasteiger partial charge in [0.15, 0.2) is 0 Å². The lowest BCUT2D eigenvalue weighted by atomic mass is 9.89. The average molecular weight is 280 g/mol. The van der Waals surface area contributed by atoms with E-state index in [4.69, 9.17) is 11.6 Å². The maximum atomic E-state index is 12.0. The molecule has 2 aliphatic heterocycles. The molecule has 0 spiro atoms. The zero-order valence-corrected chi connectivity index (χ0v) is 11.5. The molecule has 102 valence electrons. The second-order valence-electron chi connectivity index (χ2n) is 5.60. The number of nitrogens with one attached hydrogen (secondary N) is 2. The minimum Gasteiger partial charge on any atom is -0.325 e. The minimum atomic E-state index is 0.0791. The molecule has 2 saturated heterocycles. The Morgan fingerprint density at radius 2 is 2.11 bits per heavy atom. The van der Waals surface area contributed by atoms with Gasteiger partial charge in [-0.1, -0.05) is 11.6 Å². The number of anilines is 1. The van der Waals surface area contributed by atoms with E-state index in [-0.39, 0.29) is 5.91 Å². The molecule has 2 N–H and O–H groups in total. The van der Waals surface area contributed by atoms with Gasteiger partial charge in [-0.15, -0.1) is 0 Å². The lowest BCUT2D eigenvalue weighted by Gasteiger charge is -2.28. The molecule has 3 heterocycles. The van der Waals surface area contributed by atoms with Crippen molar-refractivity contribution in [2.75, 3.05) is 5.32 Å². The molecular weight excluding hydrogens is 262 g/mol. The highest BCUT2D eigenvalue weighted by atomic mass is 35.5. The summed E-state index contributed by atoms with van der Waals surface area (Å²) in [6.07, 6.45) is 6.99.